The number of allylic oxidation sites excluding steroid dienone is 1. The quantitative estimate of drug-likeness (QED) is 0.126. The second kappa shape index (κ2) is 13.0. The monoisotopic (exact) mass is 610 g/mol. The summed E-state index contributed by atoms with van der Waals surface area (Å²) in [4.78, 5) is 13.7. The van der Waals surface area contributed by atoms with Gasteiger partial charge in [-0.1, -0.05) is 115 Å². The van der Waals surface area contributed by atoms with Gasteiger partial charge in [-0.05, 0) is 109 Å². The number of rotatable bonds is 10. The largest absolute Gasteiger partial charge is 0.458 e. The molecule has 3 heteroatoms. The van der Waals surface area contributed by atoms with Crippen LogP contribution in [0.5, 0.6) is 0 Å². The number of hydrogen-bond acceptors (Lipinski definition) is 3. The molecule has 0 heterocycles. The van der Waals surface area contributed by atoms with Crippen LogP contribution in [-0.2, 0) is 4.74 Å². The fraction of sp³-hybridized carbons (Fsp3) is 0.643. The molecule has 4 aliphatic rings. The lowest BCUT2D eigenvalue weighted by molar-refractivity contribution is -0.240. The zero-order valence-corrected chi connectivity index (χ0v) is 28.6. The molecule has 0 bridgehead atoms. The Balaban J connectivity index is 1.17. The van der Waals surface area contributed by atoms with E-state index in [9.17, 15) is 9.90 Å². The van der Waals surface area contributed by atoms with Crippen LogP contribution in [0.2, 0.25) is 0 Å². The minimum Gasteiger partial charge on any atom is -0.458 e. The molecule has 244 valence electrons. The van der Waals surface area contributed by atoms with Crippen LogP contribution in [0.25, 0.3) is 6.08 Å². The number of Topliss-reactive ketones (excluding diaryl/α,β-unsaturated/α-hetero) is 1. The molecular weight excluding hydrogens is 552 g/mol. The van der Waals surface area contributed by atoms with Gasteiger partial charge in [-0.25, -0.2) is 0 Å². The van der Waals surface area contributed by atoms with Crippen LogP contribution in [0, 0.1) is 52.3 Å². The first kappa shape index (κ1) is 32.5. The van der Waals surface area contributed by atoms with Gasteiger partial charge in [0.1, 0.15) is 0 Å². The third kappa shape index (κ3) is 6.45. The highest BCUT2D eigenvalue weighted by molar-refractivity contribution is 6.09. The average Bonchev–Trinajstić information content (AvgIpc) is 3.39. The molecule has 6 rings (SSSR count). The second-order valence-electron chi connectivity index (χ2n) is 16.6. The fourth-order valence-electron chi connectivity index (χ4n) is 11.1. The van der Waals surface area contributed by atoms with Crippen molar-refractivity contribution >= 4 is 11.9 Å². The van der Waals surface area contributed by atoms with Gasteiger partial charge in [-0.15, -0.1) is 0 Å². The highest BCUT2D eigenvalue weighted by atomic mass is 16.6. The highest BCUT2D eigenvalue weighted by Crippen LogP contribution is 2.69. The first-order valence-corrected chi connectivity index (χ1v) is 18.3. The number of aliphatic hydroxyl groups is 1. The molecule has 4 aliphatic carbocycles. The molecule has 0 aromatic heterocycles. The number of ketones is 1. The van der Waals surface area contributed by atoms with E-state index in [1.807, 2.05) is 60.7 Å². The van der Waals surface area contributed by atoms with Crippen LogP contribution in [0.4, 0.5) is 0 Å². The maximum atomic E-state index is 13.7. The summed E-state index contributed by atoms with van der Waals surface area (Å²) in [6.07, 6.45) is 16.1. The van der Waals surface area contributed by atoms with Crippen LogP contribution in [0.15, 0.2) is 66.4 Å². The van der Waals surface area contributed by atoms with Crippen molar-refractivity contribution in [3.05, 3.63) is 77.5 Å². The van der Waals surface area contributed by atoms with E-state index < -0.39 is 5.79 Å². The Morgan fingerprint density at radius 1 is 0.844 bits per heavy atom. The van der Waals surface area contributed by atoms with Gasteiger partial charge in [0.05, 0.1) is 0 Å². The van der Waals surface area contributed by atoms with E-state index >= 15 is 0 Å². The van der Waals surface area contributed by atoms with Gasteiger partial charge < -0.3 is 9.84 Å². The Morgan fingerprint density at radius 2 is 1.53 bits per heavy atom. The first-order valence-electron chi connectivity index (χ1n) is 18.3. The van der Waals surface area contributed by atoms with E-state index in [1.54, 1.807) is 6.08 Å². The predicted molar refractivity (Wildman–Crippen MR) is 184 cm³/mol. The number of ether oxygens (including phenoxy) is 1. The maximum Gasteiger partial charge on any atom is 0.227 e. The molecule has 2 aromatic carbocycles. The van der Waals surface area contributed by atoms with Gasteiger partial charge in [0, 0.05) is 18.4 Å². The van der Waals surface area contributed by atoms with E-state index in [0.717, 1.165) is 53.9 Å². The number of carbonyl (C=O) groups excluding carboxylic acids is 1. The van der Waals surface area contributed by atoms with Gasteiger partial charge in [0.25, 0.3) is 0 Å². The van der Waals surface area contributed by atoms with Crippen LogP contribution in [0.3, 0.4) is 0 Å². The van der Waals surface area contributed by atoms with Crippen molar-refractivity contribution in [3.63, 3.8) is 0 Å². The van der Waals surface area contributed by atoms with E-state index in [2.05, 4.69) is 34.6 Å². The summed E-state index contributed by atoms with van der Waals surface area (Å²) < 4.78 is 6.47. The number of carbonyl (C=O) groups is 1. The Morgan fingerprint density at radius 3 is 2.24 bits per heavy atom. The van der Waals surface area contributed by atoms with E-state index in [1.165, 1.54) is 51.4 Å². The molecule has 0 saturated heterocycles. The molecule has 2 aromatic rings. The van der Waals surface area contributed by atoms with Gasteiger partial charge in [0.2, 0.25) is 11.6 Å². The number of fused-ring (bicyclic) bond motifs is 5. The minimum absolute atomic E-state index is 0.175. The van der Waals surface area contributed by atoms with Crippen molar-refractivity contribution in [2.75, 3.05) is 0 Å². The summed E-state index contributed by atoms with van der Waals surface area (Å²) in [5.41, 5.74) is 2.21. The SMILES string of the molecule is CC(C)CCC[C@@H](C)[C@H]1CC[C@H]2[C@@H]3CC[C@@H]4C[C@@](O)(O/C(=C\c5ccccc5)C(=O)c5ccccc5)CC[C@]4(C)[C@H]3CC[C@]12C. The summed E-state index contributed by atoms with van der Waals surface area (Å²) in [5, 5.41) is 12.0. The molecule has 9 atom stereocenters. The van der Waals surface area contributed by atoms with Crippen LogP contribution in [-0.4, -0.2) is 16.7 Å². The topological polar surface area (TPSA) is 46.5 Å². The second-order valence-corrected chi connectivity index (χ2v) is 16.6. The van der Waals surface area contributed by atoms with Crippen molar-refractivity contribution < 1.29 is 14.6 Å². The van der Waals surface area contributed by atoms with Crippen molar-refractivity contribution in [2.45, 2.75) is 117 Å². The maximum absolute atomic E-state index is 13.7. The van der Waals surface area contributed by atoms with Crippen molar-refractivity contribution in [1.29, 1.82) is 0 Å². The lowest BCUT2D eigenvalue weighted by Gasteiger charge is -2.62. The van der Waals surface area contributed by atoms with E-state index in [4.69, 9.17) is 4.74 Å². The number of benzene rings is 2. The molecule has 4 fully saturated rings. The molecule has 1 N–H and O–H groups in total. The van der Waals surface area contributed by atoms with E-state index in [0.29, 0.717) is 29.7 Å². The van der Waals surface area contributed by atoms with Crippen LogP contribution >= 0.6 is 0 Å². The zero-order chi connectivity index (χ0) is 31.8. The van der Waals surface area contributed by atoms with Gasteiger partial charge in [-0.3, -0.25) is 4.79 Å². The summed E-state index contributed by atoms with van der Waals surface area (Å²) in [6.45, 7) is 12.5. The molecule has 4 saturated carbocycles. The Labute approximate surface area is 273 Å². The van der Waals surface area contributed by atoms with Crippen molar-refractivity contribution in [3.8, 4) is 0 Å². The third-order valence-electron chi connectivity index (χ3n) is 13.5. The molecular formula is C42H58O3. The molecule has 0 unspecified atom stereocenters. The molecule has 0 radical (unpaired) electrons. The Kier molecular flexibility index (Phi) is 9.41. The van der Waals surface area contributed by atoms with E-state index in [-0.39, 0.29) is 17.0 Å². The van der Waals surface area contributed by atoms with Crippen LogP contribution < -0.4 is 0 Å². The number of hydrogen-bond donors (Lipinski definition) is 1. The van der Waals surface area contributed by atoms with Gasteiger partial charge >= 0.3 is 0 Å². The average molecular weight is 611 g/mol. The first-order chi connectivity index (χ1) is 21.5. The zero-order valence-electron chi connectivity index (χ0n) is 28.6. The van der Waals surface area contributed by atoms with Gasteiger partial charge in [-0.2, -0.15) is 0 Å². The smallest absolute Gasteiger partial charge is 0.227 e. The fourth-order valence-corrected chi connectivity index (χ4v) is 11.1. The van der Waals surface area contributed by atoms with Crippen molar-refractivity contribution in [2.24, 2.45) is 52.3 Å². The lowest BCUT2D eigenvalue weighted by atomic mass is 9.44. The predicted octanol–water partition coefficient (Wildman–Crippen LogP) is 10.7. The third-order valence-corrected chi connectivity index (χ3v) is 13.5. The summed E-state index contributed by atoms with van der Waals surface area (Å²) in [6, 6.07) is 19.2. The van der Waals surface area contributed by atoms with Gasteiger partial charge in [0.15, 0.2) is 5.76 Å². The molecule has 45 heavy (non-hydrogen) atoms. The van der Waals surface area contributed by atoms with Crippen molar-refractivity contribution in [1.82, 2.24) is 0 Å². The lowest BCUT2D eigenvalue weighted by Crippen LogP contribution is -2.56. The van der Waals surface area contributed by atoms with Crippen LogP contribution in [0.1, 0.15) is 128 Å². The molecule has 0 aliphatic heterocycles. The normalized spacial score (nSPS) is 37.0. The molecule has 0 amide bonds. The summed E-state index contributed by atoms with van der Waals surface area (Å²) in [5.74, 6) is 4.08. The highest BCUT2D eigenvalue weighted by Gasteiger charge is 2.62. The Hall–Kier alpha value is -2.39. The minimum atomic E-state index is -1.32. The standard InChI is InChI=1S/C42H58O3/c1-29(2)13-12-14-30(3)35-21-22-36-34-20-19-33-28-42(44,26-25-40(33,4)37(34)23-24-41(35,36)5)45-38(27-31-15-8-6-9-16-31)39(43)32-17-10-7-11-18-32/h6-11,15-18,27,29-30,33-37,44H,12-14,19-26,28H2,1-5H3/b38-27-/t30-,33-,34+,35-,36+,37+,40+,41-,42+/m1/s1. The molecule has 3 nitrogen and oxygen atoms in total. The summed E-state index contributed by atoms with van der Waals surface area (Å²) in [7, 11) is 0. The summed E-state index contributed by atoms with van der Waals surface area (Å²) >= 11 is 0. The Bertz CT molecular complexity index is 1330. The molecule has 0 spiro atoms.